The molecule has 1 saturated heterocycles. The summed E-state index contributed by atoms with van der Waals surface area (Å²) in [6.07, 6.45) is 8.25. The molecule has 0 radical (unpaired) electrons. The first-order valence-electron chi connectivity index (χ1n) is 8.25. The Labute approximate surface area is 120 Å². The molecule has 1 aliphatic heterocycles. The fourth-order valence-electron chi connectivity index (χ4n) is 5.45. The van der Waals surface area contributed by atoms with Crippen LogP contribution in [0.3, 0.4) is 0 Å². The second kappa shape index (κ2) is 4.99. The van der Waals surface area contributed by atoms with Crippen molar-refractivity contribution >= 4 is 5.91 Å². The number of amides is 1. The molecule has 4 nitrogen and oxygen atoms in total. The third-order valence-corrected chi connectivity index (χ3v) is 5.88. The topological polar surface area (TPSA) is 47.6 Å². The molecule has 1 amide bonds. The Morgan fingerprint density at radius 2 is 1.55 bits per heavy atom. The van der Waals surface area contributed by atoms with Gasteiger partial charge in [-0.3, -0.25) is 4.79 Å². The molecule has 4 heteroatoms. The zero-order valence-corrected chi connectivity index (χ0v) is 12.1. The van der Waals surface area contributed by atoms with E-state index in [9.17, 15) is 4.79 Å². The minimum Gasteiger partial charge on any atom is -0.355 e. The predicted octanol–water partition coefficient (Wildman–Crippen LogP) is 2.08. The summed E-state index contributed by atoms with van der Waals surface area (Å²) in [5.74, 6) is 2.80. The van der Waals surface area contributed by atoms with Gasteiger partial charge >= 0.3 is 0 Å². The number of ether oxygens (including phenoxy) is 2. The molecule has 0 unspecified atom stereocenters. The van der Waals surface area contributed by atoms with Gasteiger partial charge in [-0.2, -0.15) is 0 Å². The molecular formula is C16H25NO3. The van der Waals surface area contributed by atoms with Gasteiger partial charge in [-0.1, -0.05) is 0 Å². The molecule has 0 aromatic carbocycles. The van der Waals surface area contributed by atoms with E-state index in [2.05, 4.69) is 5.32 Å². The summed E-state index contributed by atoms with van der Waals surface area (Å²) < 4.78 is 10.8. The van der Waals surface area contributed by atoms with Crippen LogP contribution in [0.25, 0.3) is 0 Å². The fraction of sp³-hybridized carbons (Fsp3) is 0.938. The van der Waals surface area contributed by atoms with E-state index in [0.717, 1.165) is 43.4 Å². The monoisotopic (exact) mass is 279 g/mol. The van der Waals surface area contributed by atoms with Gasteiger partial charge in [-0.25, -0.2) is 0 Å². The van der Waals surface area contributed by atoms with Gasteiger partial charge in [-0.05, 0) is 56.3 Å². The van der Waals surface area contributed by atoms with E-state index in [1.165, 1.54) is 19.3 Å². The standard InChI is InChI=1S/C16H25NO3/c18-15(17-2-1-14-19-3-4-20-14)16-8-11-5-12(9-16)7-13(6-11)10-16/h11-14H,1-10H2,(H,17,18). The SMILES string of the molecule is O=C(NCCC1OCCO1)C12CC3CC(CC(C3)C1)C2. The Morgan fingerprint density at radius 1 is 1.00 bits per heavy atom. The highest BCUT2D eigenvalue weighted by atomic mass is 16.7. The summed E-state index contributed by atoms with van der Waals surface area (Å²) in [5.41, 5.74) is -0.0217. The number of nitrogens with one attached hydrogen (secondary N) is 1. The molecule has 1 N–H and O–H groups in total. The summed E-state index contributed by atoms with van der Waals surface area (Å²) in [4.78, 5) is 12.7. The molecule has 4 saturated carbocycles. The molecule has 0 atom stereocenters. The van der Waals surface area contributed by atoms with Crippen LogP contribution in [0.5, 0.6) is 0 Å². The number of rotatable bonds is 4. The van der Waals surface area contributed by atoms with E-state index < -0.39 is 0 Å². The molecule has 4 bridgehead atoms. The Balaban J connectivity index is 1.33. The average Bonchev–Trinajstić information content (AvgIpc) is 2.90. The number of hydrogen-bond acceptors (Lipinski definition) is 3. The van der Waals surface area contributed by atoms with Crippen LogP contribution >= 0.6 is 0 Å². The maximum absolute atomic E-state index is 12.7. The second-order valence-electron chi connectivity index (χ2n) is 7.41. The lowest BCUT2D eigenvalue weighted by molar-refractivity contribution is -0.146. The van der Waals surface area contributed by atoms with Gasteiger partial charge in [0.1, 0.15) is 0 Å². The number of carbonyl (C=O) groups excluding carboxylic acids is 1. The molecule has 0 spiro atoms. The highest BCUT2D eigenvalue weighted by Gasteiger charge is 2.54. The number of carbonyl (C=O) groups is 1. The average molecular weight is 279 g/mol. The van der Waals surface area contributed by atoms with Crippen molar-refractivity contribution in [3.63, 3.8) is 0 Å². The maximum Gasteiger partial charge on any atom is 0.226 e. The van der Waals surface area contributed by atoms with Crippen LogP contribution in [0.2, 0.25) is 0 Å². The van der Waals surface area contributed by atoms with Gasteiger partial charge in [0.05, 0.1) is 13.2 Å². The van der Waals surface area contributed by atoms with E-state index in [1.807, 2.05) is 0 Å². The zero-order chi connectivity index (χ0) is 13.6. The van der Waals surface area contributed by atoms with Gasteiger partial charge in [-0.15, -0.1) is 0 Å². The molecular weight excluding hydrogens is 254 g/mol. The Bertz CT molecular complexity index is 354. The van der Waals surface area contributed by atoms with E-state index >= 15 is 0 Å². The van der Waals surface area contributed by atoms with Crippen LogP contribution < -0.4 is 5.32 Å². The molecule has 112 valence electrons. The van der Waals surface area contributed by atoms with Crippen molar-refractivity contribution in [3.05, 3.63) is 0 Å². The Hall–Kier alpha value is -0.610. The summed E-state index contributed by atoms with van der Waals surface area (Å²) in [7, 11) is 0. The third-order valence-electron chi connectivity index (χ3n) is 5.88. The summed E-state index contributed by atoms with van der Waals surface area (Å²) >= 11 is 0. The fourth-order valence-corrected chi connectivity index (χ4v) is 5.45. The lowest BCUT2D eigenvalue weighted by Gasteiger charge is -2.55. The van der Waals surface area contributed by atoms with Crippen LogP contribution in [0.4, 0.5) is 0 Å². The first-order chi connectivity index (χ1) is 9.73. The first kappa shape index (κ1) is 13.1. The Kier molecular flexibility index (Phi) is 3.26. The summed E-state index contributed by atoms with van der Waals surface area (Å²) in [6.45, 7) is 2.06. The van der Waals surface area contributed by atoms with Crippen molar-refractivity contribution in [2.24, 2.45) is 23.2 Å². The van der Waals surface area contributed by atoms with Gasteiger partial charge < -0.3 is 14.8 Å². The molecule has 1 heterocycles. The molecule has 0 aromatic rings. The molecule has 5 aliphatic rings. The smallest absolute Gasteiger partial charge is 0.226 e. The van der Waals surface area contributed by atoms with Crippen LogP contribution in [0, 0.1) is 23.2 Å². The van der Waals surface area contributed by atoms with Gasteiger partial charge in [0, 0.05) is 18.4 Å². The molecule has 5 rings (SSSR count). The van der Waals surface area contributed by atoms with Gasteiger partial charge in [0.15, 0.2) is 6.29 Å². The summed E-state index contributed by atoms with van der Waals surface area (Å²) in [5, 5.41) is 3.17. The lowest BCUT2D eigenvalue weighted by Crippen LogP contribution is -2.53. The van der Waals surface area contributed by atoms with Gasteiger partial charge in [0.2, 0.25) is 5.91 Å². The molecule has 0 aromatic heterocycles. The second-order valence-corrected chi connectivity index (χ2v) is 7.41. The Morgan fingerprint density at radius 3 is 2.10 bits per heavy atom. The van der Waals surface area contributed by atoms with Crippen LogP contribution in [-0.2, 0) is 14.3 Å². The molecule has 20 heavy (non-hydrogen) atoms. The first-order valence-corrected chi connectivity index (χ1v) is 8.25. The predicted molar refractivity (Wildman–Crippen MR) is 73.9 cm³/mol. The van der Waals surface area contributed by atoms with E-state index in [0.29, 0.717) is 25.7 Å². The van der Waals surface area contributed by atoms with Crippen LogP contribution in [-0.4, -0.2) is 32.0 Å². The third kappa shape index (κ3) is 2.27. The van der Waals surface area contributed by atoms with Crippen molar-refractivity contribution < 1.29 is 14.3 Å². The van der Waals surface area contributed by atoms with Crippen molar-refractivity contribution in [1.82, 2.24) is 5.32 Å². The molecule has 5 fully saturated rings. The van der Waals surface area contributed by atoms with Crippen molar-refractivity contribution in [3.8, 4) is 0 Å². The number of hydrogen-bond donors (Lipinski definition) is 1. The van der Waals surface area contributed by atoms with Crippen molar-refractivity contribution in [2.75, 3.05) is 19.8 Å². The largest absolute Gasteiger partial charge is 0.355 e. The summed E-state index contributed by atoms with van der Waals surface area (Å²) in [6, 6.07) is 0. The van der Waals surface area contributed by atoms with E-state index in [-0.39, 0.29) is 11.7 Å². The zero-order valence-electron chi connectivity index (χ0n) is 12.1. The minimum absolute atomic E-state index is 0.0217. The van der Waals surface area contributed by atoms with Crippen molar-refractivity contribution in [2.45, 2.75) is 51.2 Å². The van der Waals surface area contributed by atoms with Crippen molar-refractivity contribution in [1.29, 1.82) is 0 Å². The lowest BCUT2D eigenvalue weighted by atomic mass is 9.49. The quantitative estimate of drug-likeness (QED) is 0.857. The minimum atomic E-state index is -0.105. The van der Waals surface area contributed by atoms with Gasteiger partial charge in [0.25, 0.3) is 0 Å². The van der Waals surface area contributed by atoms with E-state index in [4.69, 9.17) is 9.47 Å². The normalized spacial score (nSPS) is 43.1. The highest BCUT2D eigenvalue weighted by Crippen LogP contribution is 2.60. The van der Waals surface area contributed by atoms with Crippen LogP contribution in [0.15, 0.2) is 0 Å². The van der Waals surface area contributed by atoms with Crippen LogP contribution in [0.1, 0.15) is 44.9 Å². The molecule has 4 aliphatic carbocycles. The van der Waals surface area contributed by atoms with E-state index in [1.54, 1.807) is 0 Å². The highest BCUT2D eigenvalue weighted by molar-refractivity contribution is 5.83. The maximum atomic E-state index is 12.7.